The van der Waals surface area contributed by atoms with Gasteiger partial charge < -0.3 is 0 Å². The molecular formula is C16H26N2O3S. The van der Waals surface area contributed by atoms with E-state index in [2.05, 4.69) is 16.6 Å². The van der Waals surface area contributed by atoms with Gasteiger partial charge in [-0.2, -0.15) is 5.10 Å². The van der Waals surface area contributed by atoms with Gasteiger partial charge in [0.05, 0.1) is 11.5 Å². The Bertz CT molecular complexity index is 520. The summed E-state index contributed by atoms with van der Waals surface area (Å²) in [6, 6.07) is 0. The zero-order valence-corrected chi connectivity index (χ0v) is 13.9. The summed E-state index contributed by atoms with van der Waals surface area (Å²) in [4.78, 5) is 11.6. The lowest BCUT2D eigenvalue weighted by Gasteiger charge is -2.17. The van der Waals surface area contributed by atoms with Crippen molar-refractivity contribution in [3.05, 3.63) is 12.2 Å². The normalized spacial score (nSPS) is 25.9. The third-order valence-corrected chi connectivity index (χ3v) is 6.33. The van der Waals surface area contributed by atoms with Crippen LogP contribution in [0.4, 0.5) is 0 Å². The molecule has 0 aromatic heterocycles. The quantitative estimate of drug-likeness (QED) is 0.602. The first kappa shape index (κ1) is 17.2. The maximum Gasteiger partial charge on any atom is 0.240 e. The Balaban J connectivity index is 1.59. The molecule has 22 heavy (non-hydrogen) atoms. The Hall–Kier alpha value is -1.17. The molecule has 0 aromatic carbocycles. The number of hydrogen-bond acceptors (Lipinski definition) is 4. The predicted octanol–water partition coefficient (Wildman–Crippen LogP) is 2.44. The van der Waals surface area contributed by atoms with E-state index in [0.29, 0.717) is 25.2 Å². The molecular weight excluding hydrogens is 300 g/mol. The SMILES string of the molecule is O=C(CCC1CCS(=O)(=O)C1)N/N=C/C=C/C1CCCCC1. The van der Waals surface area contributed by atoms with E-state index >= 15 is 0 Å². The highest BCUT2D eigenvalue weighted by Crippen LogP contribution is 2.24. The molecule has 0 radical (unpaired) electrons. The molecule has 1 N–H and O–H groups in total. The van der Waals surface area contributed by atoms with Gasteiger partial charge in [-0.05, 0) is 43.6 Å². The summed E-state index contributed by atoms with van der Waals surface area (Å²) in [6.07, 6.45) is 13.8. The van der Waals surface area contributed by atoms with Crippen molar-refractivity contribution in [2.45, 2.75) is 51.4 Å². The van der Waals surface area contributed by atoms with E-state index < -0.39 is 9.84 Å². The molecule has 1 atom stereocenters. The van der Waals surface area contributed by atoms with Crippen LogP contribution in [0.3, 0.4) is 0 Å². The summed E-state index contributed by atoms with van der Waals surface area (Å²) in [5.74, 6) is 1.13. The topological polar surface area (TPSA) is 75.6 Å². The first-order chi connectivity index (χ1) is 10.6. The van der Waals surface area contributed by atoms with Crippen LogP contribution in [0.2, 0.25) is 0 Å². The van der Waals surface area contributed by atoms with Crippen LogP contribution in [0.5, 0.6) is 0 Å². The molecule has 0 bridgehead atoms. The van der Waals surface area contributed by atoms with Crippen LogP contribution >= 0.6 is 0 Å². The molecule has 0 spiro atoms. The van der Waals surface area contributed by atoms with Gasteiger partial charge in [0.15, 0.2) is 9.84 Å². The summed E-state index contributed by atoms with van der Waals surface area (Å²) in [5, 5.41) is 3.90. The monoisotopic (exact) mass is 326 g/mol. The first-order valence-electron chi connectivity index (χ1n) is 8.24. The number of nitrogens with zero attached hydrogens (tertiary/aromatic N) is 1. The highest BCUT2D eigenvalue weighted by Gasteiger charge is 2.27. The Morgan fingerprint density at radius 2 is 1.95 bits per heavy atom. The summed E-state index contributed by atoms with van der Waals surface area (Å²) in [7, 11) is -2.85. The lowest BCUT2D eigenvalue weighted by molar-refractivity contribution is -0.121. The average molecular weight is 326 g/mol. The van der Waals surface area contributed by atoms with Gasteiger partial charge in [-0.25, -0.2) is 13.8 Å². The fraction of sp³-hybridized carbons (Fsp3) is 0.750. The van der Waals surface area contributed by atoms with E-state index in [4.69, 9.17) is 0 Å². The molecule has 2 rings (SSSR count). The van der Waals surface area contributed by atoms with Crippen molar-refractivity contribution in [2.24, 2.45) is 16.9 Å². The van der Waals surface area contributed by atoms with E-state index in [0.717, 1.165) is 0 Å². The largest absolute Gasteiger partial charge is 0.273 e. The van der Waals surface area contributed by atoms with Crippen molar-refractivity contribution in [2.75, 3.05) is 11.5 Å². The van der Waals surface area contributed by atoms with Crippen LogP contribution in [0, 0.1) is 11.8 Å². The minimum Gasteiger partial charge on any atom is -0.273 e. The van der Waals surface area contributed by atoms with Crippen molar-refractivity contribution in [1.82, 2.24) is 5.43 Å². The van der Waals surface area contributed by atoms with Gasteiger partial charge in [0.2, 0.25) is 5.91 Å². The van der Waals surface area contributed by atoms with Crippen LogP contribution in [-0.2, 0) is 14.6 Å². The van der Waals surface area contributed by atoms with E-state index in [1.54, 1.807) is 6.21 Å². The standard InChI is InChI=1S/C16H26N2O3S/c19-16(9-8-15-10-12-22(20,21)13-15)18-17-11-4-7-14-5-2-1-3-6-14/h4,7,11,14-15H,1-3,5-6,8-10,12-13H2,(H,18,19)/b7-4+,17-11+. The lowest BCUT2D eigenvalue weighted by atomic mass is 9.89. The molecule has 2 fully saturated rings. The van der Waals surface area contributed by atoms with Gasteiger partial charge in [0, 0.05) is 12.6 Å². The summed E-state index contributed by atoms with van der Waals surface area (Å²) in [6.45, 7) is 0. The number of carbonyl (C=O) groups excluding carboxylic acids is 1. The van der Waals surface area contributed by atoms with Crippen molar-refractivity contribution in [1.29, 1.82) is 0 Å². The second-order valence-electron chi connectivity index (χ2n) is 6.40. The fourth-order valence-corrected chi connectivity index (χ4v) is 5.09. The van der Waals surface area contributed by atoms with Crippen molar-refractivity contribution < 1.29 is 13.2 Å². The number of hydrogen-bond donors (Lipinski definition) is 1. The molecule has 1 aliphatic carbocycles. The number of rotatable bonds is 6. The van der Waals surface area contributed by atoms with Crippen LogP contribution in [0.25, 0.3) is 0 Å². The predicted molar refractivity (Wildman–Crippen MR) is 88.3 cm³/mol. The Morgan fingerprint density at radius 1 is 1.18 bits per heavy atom. The van der Waals surface area contributed by atoms with Crippen LogP contribution < -0.4 is 5.43 Å². The van der Waals surface area contributed by atoms with Gasteiger partial charge >= 0.3 is 0 Å². The summed E-state index contributed by atoms with van der Waals surface area (Å²) < 4.78 is 22.7. The summed E-state index contributed by atoms with van der Waals surface area (Å²) >= 11 is 0. The second kappa shape index (κ2) is 8.46. The van der Waals surface area contributed by atoms with Crippen LogP contribution in [0.15, 0.2) is 17.3 Å². The molecule has 124 valence electrons. The number of allylic oxidation sites excluding steroid dienone is 2. The Morgan fingerprint density at radius 3 is 2.64 bits per heavy atom. The molecule has 0 aromatic rings. The molecule has 6 heteroatoms. The van der Waals surface area contributed by atoms with Crippen LogP contribution in [0.1, 0.15) is 51.4 Å². The third-order valence-electron chi connectivity index (χ3n) is 4.49. The molecule has 1 saturated heterocycles. The number of hydrazone groups is 1. The fourth-order valence-electron chi connectivity index (χ4n) is 3.18. The minimum absolute atomic E-state index is 0.130. The number of carbonyl (C=O) groups is 1. The molecule has 2 aliphatic rings. The van der Waals surface area contributed by atoms with E-state index in [1.807, 2.05) is 6.08 Å². The Labute approximate surface area is 133 Å². The van der Waals surface area contributed by atoms with Gasteiger partial charge in [0.25, 0.3) is 0 Å². The first-order valence-corrected chi connectivity index (χ1v) is 10.1. The molecule has 1 amide bonds. The molecule has 1 saturated carbocycles. The average Bonchev–Trinajstić information content (AvgIpc) is 2.85. The van der Waals surface area contributed by atoms with Gasteiger partial charge in [-0.3, -0.25) is 4.79 Å². The van der Waals surface area contributed by atoms with Gasteiger partial charge in [-0.1, -0.05) is 25.3 Å². The van der Waals surface area contributed by atoms with E-state index in [-0.39, 0.29) is 23.3 Å². The molecule has 5 nitrogen and oxygen atoms in total. The van der Waals surface area contributed by atoms with E-state index in [9.17, 15) is 13.2 Å². The third kappa shape index (κ3) is 6.30. The zero-order chi connectivity index (χ0) is 15.8. The smallest absolute Gasteiger partial charge is 0.240 e. The number of nitrogens with one attached hydrogen (secondary N) is 1. The highest BCUT2D eigenvalue weighted by molar-refractivity contribution is 7.91. The molecule has 1 aliphatic heterocycles. The number of sulfone groups is 1. The van der Waals surface area contributed by atoms with E-state index in [1.165, 1.54) is 32.1 Å². The van der Waals surface area contributed by atoms with Crippen molar-refractivity contribution >= 4 is 22.0 Å². The number of amides is 1. The lowest BCUT2D eigenvalue weighted by Crippen LogP contribution is -2.18. The van der Waals surface area contributed by atoms with Crippen molar-refractivity contribution in [3.63, 3.8) is 0 Å². The summed E-state index contributed by atoms with van der Waals surface area (Å²) in [5.41, 5.74) is 2.49. The Kier molecular flexibility index (Phi) is 6.61. The van der Waals surface area contributed by atoms with Crippen molar-refractivity contribution in [3.8, 4) is 0 Å². The molecule has 1 heterocycles. The van der Waals surface area contributed by atoms with Gasteiger partial charge in [0.1, 0.15) is 0 Å². The second-order valence-corrected chi connectivity index (χ2v) is 8.63. The highest BCUT2D eigenvalue weighted by atomic mass is 32.2. The van der Waals surface area contributed by atoms with Crippen LogP contribution in [-0.4, -0.2) is 32.0 Å². The zero-order valence-electron chi connectivity index (χ0n) is 13.0. The molecule has 1 unspecified atom stereocenters. The maximum absolute atomic E-state index is 11.6. The maximum atomic E-state index is 11.6. The van der Waals surface area contributed by atoms with Gasteiger partial charge in [-0.15, -0.1) is 0 Å². The minimum atomic E-state index is -2.85.